The summed E-state index contributed by atoms with van der Waals surface area (Å²) in [5.41, 5.74) is 0. The Labute approximate surface area is 167 Å². The molecular weight excluding hydrogens is 378 g/mol. The lowest BCUT2D eigenvalue weighted by atomic mass is 9.86. The van der Waals surface area contributed by atoms with E-state index in [2.05, 4.69) is 15.3 Å². The number of amides is 1. The van der Waals surface area contributed by atoms with Crippen LogP contribution in [0.5, 0.6) is 0 Å². The zero-order valence-corrected chi connectivity index (χ0v) is 17.2. The lowest BCUT2D eigenvalue weighted by Crippen LogP contribution is -2.50. The van der Waals surface area contributed by atoms with Crippen molar-refractivity contribution in [3.63, 3.8) is 0 Å². The lowest BCUT2D eigenvalue weighted by molar-refractivity contribution is -0.121. The van der Waals surface area contributed by atoms with Crippen LogP contribution in [0, 0.1) is 5.92 Å². The van der Waals surface area contributed by atoms with Crippen molar-refractivity contribution in [2.45, 2.75) is 44.9 Å². The van der Waals surface area contributed by atoms with Gasteiger partial charge in [-0.05, 0) is 18.4 Å². The molecule has 1 amide bonds. The van der Waals surface area contributed by atoms with Crippen LogP contribution in [0.25, 0.3) is 0 Å². The summed E-state index contributed by atoms with van der Waals surface area (Å²) in [6, 6.07) is 1.76. The van der Waals surface area contributed by atoms with Gasteiger partial charge in [0.2, 0.25) is 21.9 Å². The number of carbonyl (C=O) groups is 1. The van der Waals surface area contributed by atoms with E-state index in [0.717, 1.165) is 6.42 Å². The van der Waals surface area contributed by atoms with Crippen LogP contribution in [0.2, 0.25) is 0 Å². The fourth-order valence-electron chi connectivity index (χ4n) is 3.97. The zero-order valence-electron chi connectivity index (χ0n) is 16.4. The van der Waals surface area contributed by atoms with E-state index in [0.29, 0.717) is 44.5 Å². The van der Waals surface area contributed by atoms with E-state index >= 15 is 0 Å². The Morgan fingerprint density at radius 2 is 1.75 bits per heavy atom. The number of hydrogen-bond acceptors (Lipinski definition) is 6. The van der Waals surface area contributed by atoms with Gasteiger partial charge in [0.05, 0.1) is 5.75 Å². The normalized spacial score (nSPS) is 19.5. The fourth-order valence-corrected chi connectivity index (χ4v) is 5.31. The highest BCUT2D eigenvalue weighted by Crippen LogP contribution is 2.27. The van der Waals surface area contributed by atoms with Gasteiger partial charge < -0.3 is 10.2 Å². The molecule has 0 radical (unpaired) electrons. The van der Waals surface area contributed by atoms with Gasteiger partial charge in [-0.2, -0.15) is 4.31 Å². The molecule has 0 spiro atoms. The van der Waals surface area contributed by atoms with E-state index in [4.69, 9.17) is 0 Å². The highest BCUT2D eigenvalue weighted by molar-refractivity contribution is 7.89. The van der Waals surface area contributed by atoms with Gasteiger partial charge in [0.25, 0.3) is 0 Å². The van der Waals surface area contributed by atoms with Crippen LogP contribution < -0.4 is 10.2 Å². The van der Waals surface area contributed by atoms with E-state index in [9.17, 15) is 13.2 Å². The maximum Gasteiger partial charge on any atom is 0.225 e. The van der Waals surface area contributed by atoms with Gasteiger partial charge in [0.1, 0.15) is 0 Å². The van der Waals surface area contributed by atoms with Crippen LogP contribution in [0.3, 0.4) is 0 Å². The Hall–Kier alpha value is -1.74. The van der Waals surface area contributed by atoms with Crippen LogP contribution in [0.1, 0.15) is 44.9 Å². The summed E-state index contributed by atoms with van der Waals surface area (Å²) in [7, 11) is -3.37. The van der Waals surface area contributed by atoms with E-state index in [1.165, 1.54) is 36.4 Å². The first kappa shape index (κ1) is 21.0. The number of sulfonamides is 1. The van der Waals surface area contributed by atoms with Crippen LogP contribution >= 0.6 is 0 Å². The minimum atomic E-state index is -3.37. The second-order valence-corrected chi connectivity index (χ2v) is 9.73. The second kappa shape index (κ2) is 10.2. The summed E-state index contributed by atoms with van der Waals surface area (Å²) in [5, 5.41) is 2.78. The Kier molecular flexibility index (Phi) is 7.61. The molecule has 1 saturated carbocycles. The van der Waals surface area contributed by atoms with Gasteiger partial charge in [-0.25, -0.2) is 18.4 Å². The predicted octanol–water partition coefficient (Wildman–Crippen LogP) is 1.41. The van der Waals surface area contributed by atoms with E-state index in [1.54, 1.807) is 18.5 Å². The number of carbonyl (C=O) groups excluding carboxylic acids is 1. The third kappa shape index (κ3) is 6.13. The monoisotopic (exact) mass is 409 g/mol. The largest absolute Gasteiger partial charge is 0.355 e. The highest BCUT2D eigenvalue weighted by atomic mass is 32.2. The van der Waals surface area contributed by atoms with E-state index < -0.39 is 10.0 Å². The summed E-state index contributed by atoms with van der Waals surface area (Å²) >= 11 is 0. The second-order valence-electron chi connectivity index (χ2n) is 7.64. The maximum atomic E-state index is 12.5. The van der Waals surface area contributed by atoms with Crippen molar-refractivity contribution in [3.05, 3.63) is 18.5 Å². The van der Waals surface area contributed by atoms with Crippen molar-refractivity contribution in [2.75, 3.05) is 43.4 Å². The first-order valence-corrected chi connectivity index (χ1v) is 11.9. The van der Waals surface area contributed by atoms with E-state index in [1.807, 2.05) is 4.90 Å². The van der Waals surface area contributed by atoms with Crippen LogP contribution in [-0.4, -0.2) is 67.1 Å². The molecule has 1 aromatic rings. The molecule has 0 atom stereocenters. The minimum absolute atomic E-state index is 0.0354. The molecule has 8 nitrogen and oxygen atoms in total. The van der Waals surface area contributed by atoms with Gasteiger partial charge in [0.15, 0.2) is 0 Å². The number of nitrogens with one attached hydrogen (secondary N) is 1. The SMILES string of the molecule is O=C(CCC1CCCCC1)NCCS(=O)(=O)N1CCN(c2ncccn2)CC1. The van der Waals surface area contributed by atoms with Crippen molar-refractivity contribution in [2.24, 2.45) is 5.92 Å². The van der Waals surface area contributed by atoms with Crippen molar-refractivity contribution in [1.29, 1.82) is 0 Å². The zero-order chi connectivity index (χ0) is 19.8. The molecule has 28 heavy (non-hydrogen) atoms. The number of piperazine rings is 1. The molecule has 2 fully saturated rings. The first-order valence-electron chi connectivity index (χ1n) is 10.3. The summed E-state index contributed by atoms with van der Waals surface area (Å²) in [6.45, 7) is 2.13. The quantitative estimate of drug-likeness (QED) is 0.697. The first-order chi connectivity index (χ1) is 13.5. The van der Waals surface area contributed by atoms with Crippen LogP contribution in [0.15, 0.2) is 18.5 Å². The van der Waals surface area contributed by atoms with Gasteiger partial charge >= 0.3 is 0 Å². The number of hydrogen-bond donors (Lipinski definition) is 1. The third-order valence-electron chi connectivity index (χ3n) is 5.65. The van der Waals surface area contributed by atoms with Crippen molar-refractivity contribution in [3.8, 4) is 0 Å². The smallest absolute Gasteiger partial charge is 0.225 e. The summed E-state index contributed by atoms with van der Waals surface area (Å²) in [5.74, 6) is 1.20. The average molecular weight is 410 g/mol. The number of anilines is 1. The molecule has 1 saturated heterocycles. The molecule has 9 heteroatoms. The van der Waals surface area contributed by atoms with Crippen LogP contribution in [-0.2, 0) is 14.8 Å². The molecule has 1 aromatic heterocycles. The Bertz CT molecular complexity index is 714. The Morgan fingerprint density at radius 3 is 2.43 bits per heavy atom. The molecule has 2 aliphatic rings. The number of aromatic nitrogens is 2. The summed E-state index contributed by atoms with van der Waals surface area (Å²) in [6.07, 6.45) is 11.1. The Morgan fingerprint density at radius 1 is 1.07 bits per heavy atom. The molecular formula is C19H31N5O3S. The predicted molar refractivity (Wildman–Crippen MR) is 108 cm³/mol. The summed E-state index contributed by atoms with van der Waals surface area (Å²) in [4.78, 5) is 22.4. The topological polar surface area (TPSA) is 95.5 Å². The molecule has 3 rings (SSSR count). The Balaban J connectivity index is 1.35. The molecule has 0 bridgehead atoms. The maximum absolute atomic E-state index is 12.5. The molecule has 156 valence electrons. The standard InChI is InChI=1S/C19H31N5O3S/c25-18(8-7-17-5-2-1-3-6-17)20-11-16-28(26,27)24-14-12-23(13-15-24)19-21-9-4-10-22-19/h4,9-10,17H,1-3,5-8,11-16H2,(H,20,25). The van der Waals surface area contributed by atoms with Gasteiger partial charge in [-0.1, -0.05) is 32.1 Å². The van der Waals surface area contributed by atoms with Gasteiger partial charge in [-0.3, -0.25) is 4.79 Å². The molecule has 0 aromatic carbocycles. The molecule has 0 unspecified atom stereocenters. The molecule has 1 aliphatic carbocycles. The molecule has 1 N–H and O–H groups in total. The van der Waals surface area contributed by atoms with E-state index in [-0.39, 0.29) is 18.2 Å². The number of rotatable bonds is 8. The number of nitrogens with zero attached hydrogens (tertiary/aromatic N) is 4. The molecule has 2 heterocycles. The minimum Gasteiger partial charge on any atom is -0.355 e. The molecule has 1 aliphatic heterocycles. The van der Waals surface area contributed by atoms with Gasteiger partial charge in [-0.15, -0.1) is 0 Å². The third-order valence-corrected chi connectivity index (χ3v) is 7.53. The average Bonchev–Trinajstić information content (AvgIpc) is 2.74. The summed E-state index contributed by atoms with van der Waals surface area (Å²) < 4.78 is 26.6. The highest BCUT2D eigenvalue weighted by Gasteiger charge is 2.27. The lowest BCUT2D eigenvalue weighted by Gasteiger charge is -2.33. The van der Waals surface area contributed by atoms with Gasteiger partial charge in [0, 0.05) is 51.5 Å². The van der Waals surface area contributed by atoms with Crippen molar-refractivity contribution < 1.29 is 13.2 Å². The van der Waals surface area contributed by atoms with Crippen molar-refractivity contribution in [1.82, 2.24) is 19.6 Å². The van der Waals surface area contributed by atoms with Crippen molar-refractivity contribution >= 4 is 21.9 Å². The van der Waals surface area contributed by atoms with Crippen LogP contribution in [0.4, 0.5) is 5.95 Å². The fraction of sp³-hybridized carbons (Fsp3) is 0.737.